The van der Waals surface area contributed by atoms with Crippen LogP contribution >= 0.6 is 0 Å². The van der Waals surface area contributed by atoms with Crippen LogP contribution < -0.4 is 11.1 Å². The van der Waals surface area contributed by atoms with E-state index in [-0.39, 0.29) is 11.4 Å². The molecule has 1 aliphatic rings. The number of likely N-dealkylation sites (tertiary alicyclic amines) is 1. The normalized spacial score (nSPS) is 18.5. The maximum absolute atomic E-state index is 12.1. The summed E-state index contributed by atoms with van der Waals surface area (Å²) in [5.74, 6) is 0.0261. The van der Waals surface area contributed by atoms with Crippen LogP contribution in [0.25, 0.3) is 0 Å². The molecule has 1 amide bonds. The molecular formula is C15H23N3O. The topological polar surface area (TPSA) is 58.4 Å². The zero-order chi connectivity index (χ0) is 14.0. The Hall–Kier alpha value is -1.55. The van der Waals surface area contributed by atoms with Gasteiger partial charge < -0.3 is 11.1 Å². The van der Waals surface area contributed by atoms with Gasteiger partial charge in [-0.25, -0.2) is 0 Å². The highest BCUT2D eigenvalue weighted by molar-refractivity contribution is 5.92. The minimum atomic E-state index is 0.0261. The molecular weight excluding hydrogens is 238 g/mol. The van der Waals surface area contributed by atoms with Crippen molar-refractivity contribution in [1.82, 2.24) is 4.90 Å². The van der Waals surface area contributed by atoms with Crippen molar-refractivity contribution in [1.29, 1.82) is 0 Å². The molecule has 0 radical (unpaired) electrons. The van der Waals surface area contributed by atoms with E-state index >= 15 is 0 Å². The van der Waals surface area contributed by atoms with Crippen LogP contribution in [-0.2, 0) is 4.79 Å². The van der Waals surface area contributed by atoms with Gasteiger partial charge in [0.1, 0.15) is 0 Å². The molecule has 1 fully saturated rings. The highest BCUT2D eigenvalue weighted by Gasteiger charge is 2.32. The number of hydrogen-bond acceptors (Lipinski definition) is 3. The lowest BCUT2D eigenvalue weighted by Gasteiger charge is -2.30. The van der Waals surface area contributed by atoms with Gasteiger partial charge in [0.2, 0.25) is 5.91 Å². The van der Waals surface area contributed by atoms with Crippen LogP contribution in [0.2, 0.25) is 0 Å². The van der Waals surface area contributed by atoms with Crippen molar-refractivity contribution < 1.29 is 4.79 Å². The van der Waals surface area contributed by atoms with Gasteiger partial charge in [-0.15, -0.1) is 0 Å². The number of amides is 1. The lowest BCUT2D eigenvalue weighted by molar-refractivity contribution is -0.118. The fourth-order valence-corrected chi connectivity index (χ4v) is 2.55. The number of carbonyl (C=O) groups excluding carboxylic acids is 1. The van der Waals surface area contributed by atoms with Crippen LogP contribution in [0, 0.1) is 6.92 Å². The summed E-state index contributed by atoms with van der Waals surface area (Å²) < 4.78 is 0. The SMILES string of the molecule is Cc1ccc(NC(=O)CN2CCCC2(C)C)cc1N. The molecule has 3 N–H and O–H groups in total. The van der Waals surface area contributed by atoms with Crippen LogP contribution in [-0.4, -0.2) is 29.4 Å². The zero-order valence-corrected chi connectivity index (χ0v) is 12.0. The second kappa shape index (κ2) is 5.21. The Morgan fingerprint density at radius 2 is 2.21 bits per heavy atom. The molecule has 1 aromatic rings. The Morgan fingerprint density at radius 3 is 2.79 bits per heavy atom. The van der Waals surface area contributed by atoms with Gasteiger partial charge in [0, 0.05) is 16.9 Å². The molecule has 1 aliphatic heterocycles. The van der Waals surface area contributed by atoms with Crippen molar-refractivity contribution in [2.75, 3.05) is 24.1 Å². The van der Waals surface area contributed by atoms with Crippen molar-refractivity contribution in [3.63, 3.8) is 0 Å². The van der Waals surface area contributed by atoms with Gasteiger partial charge in [-0.3, -0.25) is 9.69 Å². The number of nitrogens with two attached hydrogens (primary N) is 1. The first-order valence-electron chi connectivity index (χ1n) is 6.79. The minimum Gasteiger partial charge on any atom is -0.398 e. The molecule has 0 bridgehead atoms. The molecule has 0 saturated carbocycles. The molecule has 19 heavy (non-hydrogen) atoms. The summed E-state index contributed by atoms with van der Waals surface area (Å²) >= 11 is 0. The van der Waals surface area contributed by atoms with Crippen LogP contribution in [0.3, 0.4) is 0 Å². The van der Waals surface area contributed by atoms with E-state index in [2.05, 4.69) is 24.1 Å². The third kappa shape index (κ3) is 3.26. The van der Waals surface area contributed by atoms with Gasteiger partial charge in [-0.1, -0.05) is 6.07 Å². The second-order valence-electron chi connectivity index (χ2n) is 5.96. The largest absolute Gasteiger partial charge is 0.398 e. The number of benzene rings is 1. The number of rotatable bonds is 3. The zero-order valence-electron chi connectivity index (χ0n) is 12.0. The summed E-state index contributed by atoms with van der Waals surface area (Å²) in [7, 11) is 0. The van der Waals surface area contributed by atoms with E-state index in [4.69, 9.17) is 5.73 Å². The van der Waals surface area contributed by atoms with Gasteiger partial charge in [-0.2, -0.15) is 0 Å². The molecule has 0 unspecified atom stereocenters. The number of nitrogen functional groups attached to an aromatic ring is 1. The number of nitrogens with zero attached hydrogens (tertiary/aromatic N) is 1. The number of nitrogens with one attached hydrogen (secondary N) is 1. The molecule has 4 nitrogen and oxygen atoms in total. The third-order valence-electron chi connectivity index (χ3n) is 3.97. The number of aryl methyl sites for hydroxylation is 1. The summed E-state index contributed by atoms with van der Waals surface area (Å²) in [6, 6.07) is 5.62. The molecule has 0 aromatic heterocycles. The molecule has 4 heteroatoms. The molecule has 1 heterocycles. The van der Waals surface area contributed by atoms with Gasteiger partial charge in [0.05, 0.1) is 6.54 Å². The monoisotopic (exact) mass is 261 g/mol. The average Bonchev–Trinajstić information content (AvgIpc) is 2.63. The van der Waals surface area contributed by atoms with E-state index in [1.54, 1.807) is 0 Å². The van der Waals surface area contributed by atoms with Gasteiger partial charge in [0.15, 0.2) is 0 Å². The first kappa shape index (κ1) is 13.9. The lowest BCUT2D eigenvalue weighted by Crippen LogP contribution is -2.42. The summed E-state index contributed by atoms with van der Waals surface area (Å²) in [6.45, 7) is 7.78. The van der Waals surface area contributed by atoms with Crippen LogP contribution in [0.1, 0.15) is 32.3 Å². The Balaban J connectivity index is 1.96. The molecule has 0 aliphatic carbocycles. The smallest absolute Gasteiger partial charge is 0.238 e. The fraction of sp³-hybridized carbons (Fsp3) is 0.533. The molecule has 1 saturated heterocycles. The molecule has 104 valence electrons. The molecule has 2 rings (SSSR count). The van der Waals surface area contributed by atoms with Gasteiger partial charge >= 0.3 is 0 Å². The van der Waals surface area contributed by atoms with E-state index in [0.29, 0.717) is 12.2 Å². The Morgan fingerprint density at radius 1 is 1.47 bits per heavy atom. The standard InChI is InChI=1S/C15H23N3O/c1-11-5-6-12(9-13(11)16)17-14(19)10-18-8-4-7-15(18,2)3/h5-6,9H,4,7-8,10,16H2,1-3H3,(H,17,19). The predicted molar refractivity (Wildman–Crippen MR) is 79.1 cm³/mol. The first-order valence-corrected chi connectivity index (χ1v) is 6.79. The molecule has 1 aromatic carbocycles. The van der Waals surface area contributed by atoms with E-state index in [1.807, 2.05) is 25.1 Å². The van der Waals surface area contributed by atoms with Gasteiger partial charge in [-0.05, 0) is 57.9 Å². The highest BCUT2D eigenvalue weighted by Crippen LogP contribution is 2.27. The lowest BCUT2D eigenvalue weighted by atomic mass is 10.0. The van der Waals surface area contributed by atoms with Crippen molar-refractivity contribution in [3.05, 3.63) is 23.8 Å². The first-order chi connectivity index (χ1) is 8.88. The highest BCUT2D eigenvalue weighted by atomic mass is 16.2. The third-order valence-corrected chi connectivity index (χ3v) is 3.97. The summed E-state index contributed by atoms with van der Waals surface area (Å²) in [5, 5.41) is 2.91. The summed E-state index contributed by atoms with van der Waals surface area (Å²) in [5.41, 5.74) is 8.47. The number of carbonyl (C=O) groups is 1. The Labute approximate surface area is 115 Å². The van der Waals surface area contributed by atoms with Crippen molar-refractivity contribution >= 4 is 17.3 Å². The van der Waals surface area contributed by atoms with E-state index in [9.17, 15) is 4.79 Å². The average molecular weight is 261 g/mol. The van der Waals surface area contributed by atoms with Crippen LogP contribution in [0.4, 0.5) is 11.4 Å². The van der Waals surface area contributed by atoms with E-state index < -0.39 is 0 Å². The maximum Gasteiger partial charge on any atom is 0.238 e. The second-order valence-corrected chi connectivity index (χ2v) is 5.96. The molecule has 0 atom stereocenters. The van der Waals surface area contributed by atoms with Crippen molar-refractivity contribution in [2.45, 2.75) is 39.2 Å². The summed E-state index contributed by atoms with van der Waals surface area (Å²) in [4.78, 5) is 14.3. The van der Waals surface area contributed by atoms with E-state index in [1.165, 1.54) is 0 Å². The number of hydrogen-bond donors (Lipinski definition) is 2. The predicted octanol–water partition coefficient (Wildman–Crippen LogP) is 2.39. The Bertz CT molecular complexity index is 482. The van der Waals surface area contributed by atoms with Crippen molar-refractivity contribution in [2.24, 2.45) is 0 Å². The fourth-order valence-electron chi connectivity index (χ4n) is 2.55. The number of anilines is 2. The Kier molecular flexibility index (Phi) is 3.80. The van der Waals surface area contributed by atoms with E-state index in [0.717, 1.165) is 30.6 Å². The van der Waals surface area contributed by atoms with Crippen molar-refractivity contribution in [3.8, 4) is 0 Å². The maximum atomic E-state index is 12.1. The minimum absolute atomic E-state index is 0.0261. The van der Waals surface area contributed by atoms with Gasteiger partial charge in [0.25, 0.3) is 0 Å². The van der Waals surface area contributed by atoms with Crippen LogP contribution in [0.5, 0.6) is 0 Å². The molecule has 0 spiro atoms. The summed E-state index contributed by atoms with van der Waals surface area (Å²) in [6.07, 6.45) is 2.31. The quantitative estimate of drug-likeness (QED) is 0.821. The van der Waals surface area contributed by atoms with Crippen LogP contribution in [0.15, 0.2) is 18.2 Å².